The first kappa shape index (κ1) is 19.3. The molecule has 0 fully saturated rings. The molecule has 0 saturated carbocycles. The number of nitrogens with one attached hydrogen (secondary N) is 1. The third kappa shape index (κ3) is 5.48. The van der Waals surface area contributed by atoms with Crippen LogP contribution < -0.4 is 5.32 Å². The molecular weight excluding hydrogens is 361 g/mol. The Morgan fingerprint density at radius 2 is 1.80 bits per heavy atom. The Labute approximate surface area is 157 Å². The molecule has 0 aliphatic carbocycles. The molecule has 0 unspecified atom stereocenters. The quantitative estimate of drug-likeness (QED) is 0.738. The van der Waals surface area contributed by atoms with Crippen molar-refractivity contribution in [3.05, 3.63) is 69.2 Å². The zero-order chi connectivity index (χ0) is 18.4. The lowest BCUT2D eigenvalue weighted by Crippen LogP contribution is -2.32. The van der Waals surface area contributed by atoms with Crippen molar-refractivity contribution in [2.24, 2.45) is 0 Å². The van der Waals surface area contributed by atoms with Crippen LogP contribution in [0.4, 0.5) is 0 Å². The summed E-state index contributed by atoms with van der Waals surface area (Å²) in [7, 11) is 0. The molecule has 0 bridgehead atoms. The highest BCUT2D eigenvalue weighted by molar-refractivity contribution is 6.36. The van der Waals surface area contributed by atoms with E-state index in [0.29, 0.717) is 5.02 Å². The van der Waals surface area contributed by atoms with Gasteiger partial charge in [0.1, 0.15) is 0 Å². The monoisotopic (exact) mass is 379 g/mol. The SMILES string of the molecule is CC[C@H](NC(=O)COC(=O)c1ccc(Cl)cc1Cl)c1ccc(C)cc1. The fraction of sp³-hybridized carbons (Fsp3) is 0.263. The van der Waals surface area contributed by atoms with Crippen LogP contribution in [0.1, 0.15) is 40.9 Å². The normalized spacial score (nSPS) is 11.7. The van der Waals surface area contributed by atoms with Crippen LogP contribution in [0, 0.1) is 6.92 Å². The molecule has 0 aromatic heterocycles. The third-order valence-electron chi connectivity index (χ3n) is 3.71. The van der Waals surface area contributed by atoms with Crippen molar-refractivity contribution in [3.8, 4) is 0 Å². The molecule has 0 aliphatic heterocycles. The highest BCUT2D eigenvalue weighted by atomic mass is 35.5. The standard InChI is InChI=1S/C19H19Cl2NO3/c1-3-17(13-6-4-12(2)5-7-13)22-18(23)11-25-19(24)15-9-8-14(20)10-16(15)21/h4-10,17H,3,11H2,1-2H3,(H,22,23)/t17-/m0/s1. The van der Waals surface area contributed by atoms with Crippen LogP contribution >= 0.6 is 23.2 Å². The Morgan fingerprint density at radius 3 is 2.40 bits per heavy atom. The number of hydrogen-bond acceptors (Lipinski definition) is 3. The van der Waals surface area contributed by atoms with Crippen LogP contribution in [-0.4, -0.2) is 18.5 Å². The van der Waals surface area contributed by atoms with Gasteiger partial charge in [-0.3, -0.25) is 4.79 Å². The number of rotatable bonds is 6. The van der Waals surface area contributed by atoms with Crippen molar-refractivity contribution in [2.45, 2.75) is 26.3 Å². The fourth-order valence-electron chi connectivity index (χ4n) is 2.32. The van der Waals surface area contributed by atoms with E-state index in [-0.39, 0.29) is 29.1 Å². The summed E-state index contributed by atoms with van der Waals surface area (Å²) in [6.07, 6.45) is 0.728. The Balaban J connectivity index is 1.92. The van der Waals surface area contributed by atoms with Crippen LogP contribution in [-0.2, 0) is 9.53 Å². The van der Waals surface area contributed by atoms with E-state index in [9.17, 15) is 9.59 Å². The van der Waals surface area contributed by atoms with E-state index in [4.69, 9.17) is 27.9 Å². The van der Waals surface area contributed by atoms with Crippen molar-refractivity contribution in [3.63, 3.8) is 0 Å². The predicted octanol–water partition coefficient (Wildman–Crippen LogP) is 4.73. The molecule has 2 rings (SSSR count). The van der Waals surface area contributed by atoms with Gasteiger partial charge in [-0.05, 0) is 37.1 Å². The first-order chi connectivity index (χ1) is 11.9. The highest BCUT2D eigenvalue weighted by Crippen LogP contribution is 2.22. The van der Waals surface area contributed by atoms with Crippen LogP contribution in [0.5, 0.6) is 0 Å². The van der Waals surface area contributed by atoms with Crippen LogP contribution in [0.15, 0.2) is 42.5 Å². The summed E-state index contributed by atoms with van der Waals surface area (Å²) >= 11 is 11.7. The van der Waals surface area contributed by atoms with Crippen molar-refractivity contribution in [1.82, 2.24) is 5.32 Å². The number of amides is 1. The second-order valence-electron chi connectivity index (χ2n) is 5.64. The van der Waals surface area contributed by atoms with E-state index in [1.54, 1.807) is 0 Å². The van der Waals surface area contributed by atoms with Gasteiger partial charge in [0.05, 0.1) is 16.6 Å². The zero-order valence-electron chi connectivity index (χ0n) is 14.0. The van der Waals surface area contributed by atoms with Crippen LogP contribution in [0.2, 0.25) is 10.0 Å². The Kier molecular flexibility index (Phi) is 6.85. The smallest absolute Gasteiger partial charge is 0.340 e. The first-order valence-electron chi connectivity index (χ1n) is 7.88. The number of ether oxygens (including phenoxy) is 1. The topological polar surface area (TPSA) is 55.4 Å². The molecule has 0 heterocycles. The lowest BCUT2D eigenvalue weighted by atomic mass is 10.0. The minimum absolute atomic E-state index is 0.133. The number of esters is 1. The molecule has 2 aromatic carbocycles. The van der Waals surface area contributed by atoms with Gasteiger partial charge in [0.25, 0.3) is 5.91 Å². The third-order valence-corrected chi connectivity index (χ3v) is 4.26. The van der Waals surface area contributed by atoms with Crippen molar-refractivity contribution >= 4 is 35.1 Å². The van der Waals surface area contributed by atoms with Crippen molar-refractivity contribution < 1.29 is 14.3 Å². The Morgan fingerprint density at radius 1 is 1.12 bits per heavy atom. The largest absolute Gasteiger partial charge is 0.452 e. The molecule has 0 saturated heterocycles. The number of hydrogen-bond donors (Lipinski definition) is 1. The molecule has 25 heavy (non-hydrogen) atoms. The summed E-state index contributed by atoms with van der Waals surface area (Å²) in [5.74, 6) is -1.04. The van der Waals surface area contributed by atoms with Crippen LogP contribution in [0.25, 0.3) is 0 Å². The molecule has 6 heteroatoms. The first-order valence-corrected chi connectivity index (χ1v) is 8.64. The highest BCUT2D eigenvalue weighted by Gasteiger charge is 2.16. The summed E-state index contributed by atoms with van der Waals surface area (Å²) in [6, 6.07) is 12.3. The maximum absolute atomic E-state index is 12.1. The molecular formula is C19H19Cl2NO3. The Bertz CT molecular complexity index is 760. The summed E-state index contributed by atoms with van der Waals surface area (Å²) in [4.78, 5) is 24.1. The maximum atomic E-state index is 12.1. The van der Waals surface area contributed by atoms with E-state index in [2.05, 4.69) is 5.32 Å². The number of carbonyl (C=O) groups excluding carboxylic acids is 2. The van der Waals surface area contributed by atoms with Crippen molar-refractivity contribution in [1.29, 1.82) is 0 Å². The van der Waals surface area contributed by atoms with E-state index in [1.807, 2.05) is 38.1 Å². The van der Waals surface area contributed by atoms with Crippen LogP contribution in [0.3, 0.4) is 0 Å². The van der Waals surface area contributed by atoms with E-state index >= 15 is 0 Å². The minimum atomic E-state index is -0.666. The zero-order valence-corrected chi connectivity index (χ0v) is 15.5. The fourth-order valence-corrected chi connectivity index (χ4v) is 2.81. The van der Waals surface area contributed by atoms with Gasteiger partial charge in [-0.25, -0.2) is 4.79 Å². The van der Waals surface area contributed by atoms with Gasteiger partial charge in [0, 0.05) is 5.02 Å². The predicted molar refractivity (Wildman–Crippen MR) is 99.1 cm³/mol. The number of carbonyl (C=O) groups is 2. The van der Waals surface area contributed by atoms with E-state index in [0.717, 1.165) is 17.5 Å². The average Bonchev–Trinajstić information content (AvgIpc) is 2.58. The molecule has 2 aromatic rings. The maximum Gasteiger partial charge on any atom is 0.340 e. The van der Waals surface area contributed by atoms with Gasteiger partial charge in [0.2, 0.25) is 0 Å². The minimum Gasteiger partial charge on any atom is -0.452 e. The van der Waals surface area contributed by atoms with Crippen molar-refractivity contribution in [2.75, 3.05) is 6.61 Å². The lowest BCUT2D eigenvalue weighted by Gasteiger charge is -2.17. The van der Waals surface area contributed by atoms with E-state index in [1.165, 1.54) is 18.2 Å². The number of benzene rings is 2. The summed E-state index contributed by atoms with van der Waals surface area (Å²) in [5, 5.41) is 3.47. The molecule has 1 amide bonds. The molecule has 0 aliphatic rings. The van der Waals surface area contributed by atoms with E-state index < -0.39 is 5.97 Å². The molecule has 1 atom stereocenters. The number of halogens is 2. The molecule has 0 spiro atoms. The van der Waals surface area contributed by atoms with Gasteiger partial charge < -0.3 is 10.1 Å². The van der Waals surface area contributed by atoms with Gasteiger partial charge in [-0.1, -0.05) is 60.0 Å². The summed E-state index contributed by atoms with van der Waals surface area (Å²) in [5.41, 5.74) is 2.33. The average molecular weight is 380 g/mol. The van der Waals surface area contributed by atoms with Gasteiger partial charge in [-0.2, -0.15) is 0 Å². The van der Waals surface area contributed by atoms with Gasteiger partial charge >= 0.3 is 5.97 Å². The Hall–Kier alpha value is -2.04. The molecule has 4 nitrogen and oxygen atoms in total. The lowest BCUT2D eigenvalue weighted by molar-refractivity contribution is -0.125. The summed E-state index contributed by atoms with van der Waals surface area (Å²) < 4.78 is 5.03. The van der Waals surface area contributed by atoms with Gasteiger partial charge in [0.15, 0.2) is 6.61 Å². The van der Waals surface area contributed by atoms with Gasteiger partial charge in [-0.15, -0.1) is 0 Å². The summed E-state index contributed by atoms with van der Waals surface area (Å²) in [6.45, 7) is 3.61. The second kappa shape index (κ2) is 8.88. The molecule has 1 N–H and O–H groups in total. The second-order valence-corrected chi connectivity index (χ2v) is 6.48. The molecule has 132 valence electrons. The molecule has 0 radical (unpaired) electrons. The number of aryl methyl sites for hydroxylation is 1.